The van der Waals surface area contributed by atoms with Gasteiger partial charge in [-0.15, -0.1) is 0 Å². The standard InChI is InChI=1S/C29H52N2O8/c1-2-23(28(36)37)30-26(33)22-21-24(29(38)39)31-25(32)19-17-15-13-11-9-7-5-3-4-6-8-10-12-14-16-18-20-27(34)35/h23-24H,2-22H2,1H3,(H,30,33)(H,31,32)(H,34,35)(H,36,37)(H,38,39)/t23-,24-/m0/s1. The summed E-state index contributed by atoms with van der Waals surface area (Å²) >= 11 is 0. The van der Waals surface area contributed by atoms with Crippen molar-refractivity contribution in [3.05, 3.63) is 0 Å². The van der Waals surface area contributed by atoms with Crippen molar-refractivity contribution in [3.63, 3.8) is 0 Å². The van der Waals surface area contributed by atoms with Crippen LogP contribution in [0.1, 0.15) is 142 Å². The smallest absolute Gasteiger partial charge is 0.326 e. The van der Waals surface area contributed by atoms with Crippen molar-refractivity contribution in [3.8, 4) is 0 Å². The van der Waals surface area contributed by atoms with Gasteiger partial charge in [0, 0.05) is 19.3 Å². The van der Waals surface area contributed by atoms with E-state index in [1.54, 1.807) is 6.92 Å². The molecule has 0 aromatic rings. The molecule has 0 bridgehead atoms. The topological polar surface area (TPSA) is 170 Å². The Kier molecular flexibility index (Phi) is 22.7. The Morgan fingerprint density at radius 2 is 0.821 bits per heavy atom. The van der Waals surface area contributed by atoms with E-state index in [1.165, 1.54) is 57.8 Å². The summed E-state index contributed by atoms with van der Waals surface area (Å²) in [6.07, 6.45) is 18.4. The van der Waals surface area contributed by atoms with Crippen LogP contribution in [-0.4, -0.2) is 57.1 Å². The number of aliphatic carboxylic acids is 3. The third kappa shape index (κ3) is 23.0. The molecular formula is C29H52N2O8. The fourth-order valence-corrected chi connectivity index (χ4v) is 4.44. The minimum absolute atomic E-state index is 0.0981. The molecule has 0 heterocycles. The second-order valence-electron chi connectivity index (χ2n) is 10.4. The van der Waals surface area contributed by atoms with Crippen LogP contribution in [-0.2, 0) is 24.0 Å². The molecule has 0 aliphatic heterocycles. The molecule has 0 aliphatic rings. The first kappa shape index (κ1) is 36.4. The lowest BCUT2D eigenvalue weighted by Gasteiger charge is -2.16. The second kappa shape index (κ2) is 24.4. The molecule has 5 N–H and O–H groups in total. The Hall–Kier alpha value is -2.65. The van der Waals surface area contributed by atoms with Crippen molar-refractivity contribution in [2.75, 3.05) is 0 Å². The summed E-state index contributed by atoms with van der Waals surface area (Å²) in [7, 11) is 0. The van der Waals surface area contributed by atoms with Crippen molar-refractivity contribution >= 4 is 29.7 Å². The summed E-state index contributed by atoms with van der Waals surface area (Å²) in [6, 6.07) is -2.19. The van der Waals surface area contributed by atoms with E-state index in [0.29, 0.717) is 6.42 Å². The summed E-state index contributed by atoms with van der Waals surface area (Å²) in [4.78, 5) is 56.9. The van der Waals surface area contributed by atoms with Gasteiger partial charge in [-0.3, -0.25) is 14.4 Å². The number of carboxylic acid groups (broad SMARTS) is 3. The summed E-state index contributed by atoms with van der Waals surface area (Å²) in [5.74, 6) is -3.96. The van der Waals surface area contributed by atoms with Gasteiger partial charge in [-0.1, -0.05) is 96.8 Å². The number of hydrogen-bond acceptors (Lipinski definition) is 5. The predicted molar refractivity (Wildman–Crippen MR) is 149 cm³/mol. The minimum Gasteiger partial charge on any atom is -0.481 e. The molecule has 0 fully saturated rings. The van der Waals surface area contributed by atoms with Crippen LogP contribution in [0.2, 0.25) is 0 Å². The highest BCUT2D eigenvalue weighted by molar-refractivity contribution is 5.86. The number of nitrogens with one attached hydrogen (secondary N) is 2. The monoisotopic (exact) mass is 556 g/mol. The first-order valence-corrected chi connectivity index (χ1v) is 14.9. The average Bonchev–Trinajstić information content (AvgIpc) is 2.88. The number of amides is 2. The normalized spacial score (nSPS) is 12.4. The van der Waals surface area contributed by atoms with E-state index in [1.807, 2.05) is 0 Å². The van der Waals surface area contributed by atoms with Crippen molar-refractivity contribution in [1.82, 2.24) is 10.6 Å². The molecule has 0 unspecified atom stereocenters. The second-order valence-corrected chi connectivity index (χ2v) is 10.4. The Morgan fingerprint density at radius 1 is 0.487 bits per heavy atom. The molecule has 39 heavy (non-hydrogen) atoms. The number of unbranched alkanes of at least 4 members (excludes halogenated alkanes) is 15. The molecule has 0 aromatic carbocycles. The summed E-state index contributed by atoms with van der Waals surface area (Å²) in [6.45, 7) is 1.63. The van der Waals surface area contributed by atoms with Crippen LogP contribution in [0.4, 0.5) is 0 Å². The average molecular weight is 557 g/mol. The van der Waals surface area contributed by atoms with Gasteiger partial charge in [0.15, 0.2) is 0 Å². The molecule has 0 aromatic heterocycles. The molecule has 0 saturated carbocycles. The first-order valence-electron chi connectivity index (χ1n) is 14.9. The van der Waals surface area contributed by atoms with Crippen LogP contribution in [0, 0.1) is 0 Å². The van der Waals surface area contributed by atoms with Gasteiger partial charge >= 0.3 is 17.9 Å². The fourth-order valence-electron chi connectivity index (χ4n) is 4.44. The Balaban J connectivity index is 3.67. The van der Waals surface area contributed by atoms with E-state index in [9.17, 15) is 29.1 Å². The van der Waals surface area contributed by atoms with E-state index >= 15 is 0 Å². The Bertz CT molecular complexity index is 713. The van der Waals surface area contributed by atoms with Gasteiger partial charge in [-0.2, -0.15) is 0 Å². The zero-order chi connectivity index (χ0) is 29.3. The molecular weight excluding hydrogens is 504 g/mol. The number of carboxylic acids is 3. The maximum absolute atomic E-state index is 12.1. The van der Waals surface area contributed by atoms with Crippen molar-refractivity contribution in [2.24, 2.45) is 0 Å². The Morgan fingerprint density at radius 3 is 1.18 bits per heavy atom. The summed E-state index contributed by atoms with van der Waals surface area (Å²) in [5.41, 5.74) is 0. The van der Waals surface area contributed by atoms with Gasteiger partial charge in [0.05, 0.1) is 0 Å². The molecule has 0 spiro atoms. The lowest BCUT2D eigenvalue weighted by atomic mass is 10.0. The highest BCUT2D eigenvalue weighted by Gasteiger charge is 2.23. The van der Waals surface area contributed by atoms with Crippen molar-refractivity contribution in [2.45, 2.75) is 154 Å². The highest BCUT2D eigenvalue weighted by atomic mass is 16.4. The molecule has 226 valence electrons. The molecule has 2 atom stereocenters. The van der Waals surface area contributed by atoms with Gasteiger partial charge in [0.25, 0.3) is 0 Å². The molecule has 0 rings (SSSR count). The van der Waals surface area contributed by atoms with Gasteiger partial charge in [0.2, 0.25) is 11.8 Å². The molecule has 2 amide bonds. The van der Waals surface area contributed by atoms with Crippen molar-refractivity contribution < 1.29 is 39.3 Å². The fraction of sp³-hybridized carbons (Fsp3) is 0.828. The summed E-state index contributed by atoms with van der Waals surface area (Å²) < 4.78 is 0. The maximum atomic E-state index is 12.1. The number of carbonyl (C=O) groups is 5. The molecule has 0 saturated heterocycles. The minimum atomic E-state index is -1.22. The van der Waals surface area contributed by atoms with E-state index in [4.69, 9.17) is 10.2 Å². The first-order chi connectivity index (χ1) is 18.7. The van der Waals surface area contributed by atoms with E-state index in [-0.39, 0.29) is 38.0 Å². The molecule has 10 heteroatoms. The van der Waals surface area contributed by atoms with Gasteiger partial charge in [-0.25, -0.2) is 9.59 Å². The van der Waals surface area contributed by atoms with Gasteiger partial charge < -0.3 is 26.0 Å². The van der Waals surface area contributed by atoms with Crippen LogP contribution in [0.15, 0.2) is 0 Å². The Labute approximate surface area is 233 Å². The maximum Gasteiger partial charge on any atom is 0.326 e. The molecule has 0 radical (unpaired) electrons. The van der Waals surface area contributed by atoms with Crippen LogP contribution < -0.4 is 10.6 Å². The van der Waals surface area contributed by atoms with E-state index in [0.717, 1.165) is 38.5 Å². The number of hydrogen-bond donors (Lipinski definition) is 5. The third-order valence-electron chi connectivity index (χ3n) is 6.88. The number of carbonyl (C=O) groups excluding carboxylic acids is 2. The predicted octanol–water partition coefficient (Wildman–Crippen LogP) is 5.42. The molecule has 0 aliphatic carbocycles. The van der Waals surface area contributed by atoms with Crippen LogP contribution >= 0.6 is 0 Å². The van der Waals surface area contributed by atoms with Gasteiger partial charge in [0.1, 0.15) is 12.1 Å². The van der Waals surface area contributed by atoms with Crippen LogP contribution in [0.3, 0.4) is 0 Å². The van der Waals surface area contributed by atoms with E-state index in [2.05, 4.69) is 10.6 Å². The van der Waals surface area contributed by atoms with Crippen LogP contribution in [0.5, 0.6) is 0 Å². The van der Waals surface area contributed by atoms with Crippen molar-refractivity contribution in [1.29, 1.82) is 0 Å². The molecule has 10 nitrogen and oxygen atoms in total. The quantitative estimate of drug-likeness (QED) is 0.0835. The zero-order valence-electron chi connectivity index (χ0n) is 23.9. The van der Waals surface area contributed by atoms with Crippen LogP contribution in [0.25, 0.3) is 0 Å². The lowest BCUT2D eigenvalue weighted by molar-refractivity contribution is -0.143. The lowest BCUT2D eigenvalue weighted by Crippen LogP contribution is -2.43. The largest absolute Gasteiger partial charge is 0.481 e. The summed E-state index contributed by atoms with van der Waals surface area (Å²) in [5, 5.41) is 31.7. The van der Waals surface area contributed by atoms with E-state index < -0.39 is 35.9 Å². The third-order valence-corrected chi connectivity index (χ3v) is 6.88. The highest BCUT2D eigenvalue weighted by Crippen LogP contribution is 2.14. The van der Waals surface area contributed by atoms with Gasteiger partial charge in [-0.05, 0) is 25.7 Å². The number of rotatable bonds is 27. The SMILES string of the molecule is CC[C@H](NC(=O)CC[C@H](NC(=O)CCCCCCCCCCCCCCCCCCC(=O)O)C(=O)O)C(=O)O. The zero-order valence-corrected chi connectivity index (χ0v) is 23.9.